The molecular formula is C27H34ClN3O3. The van der Waals surface area contributed by atoms with Crippen molar-refractivity contribution < 1.29 is 14.3 Å². The second kappa shape index (κ2) is 10.8. The molecule has 34 heavy (non-hydrogen) atoms. The third-order valence-corrected chi connectivity index (χ3v) is 7.48. The highest BCUT2D eigenvalue weighted by atomic mass is 35.5. The number of piperidine rings is 1. The molecule has 2 heterocycles. The van der Waals surface area contributed by atoms with E-state index in [2.05, 4.69) is 11.9 Å². The Balaban J connectivity index is 1.45. The molecule has 0 aliphatic carbocycles. The maximum absolute atomic E-state index is 13.3. The molecule has 2 saturated heterocycles. The first kappa shape index (κ1) is 24.6. The summed E-state index contributed by atoms with van der Waals surface area (Å²) in [4.78, 5) is 32.6. The molecule has 0 saturated carbocycles. The van der Waals surface area contributed by atoms with Crippen LogP contribution in [-0.4, -0.2) is 79.4 Å². The van der Waals surface area contributed by atoms with Crippen molar-refractivity contribution in [2.75, 3.05) is 52.9 Å². The van der Waals surface area contributed by atoms with Crippen molar-refractivity contribution in [1.29, 1.82) is 0 Å². The molecule has 0 N–H and O–H groups in total. The van der Waals surface area contributed by atoms with E-state index in [1.54, 1.807) is 0 Å². The second-order valence-corrected chi connectivity index (χ2v) is 10.1. The first-order chi connectivity index (χ1) is 16.3. The Kier molecular flexibility index (Phi) is 7.79. The zero-order valence-corrected chi connectivity index (χ0v) is 20.9. The van der Waals surface area contributed by atoms with Gasteiger partial charge in [-0.1, -0.05) is 29.8 Å². The van der Waals surface area contributed by atoms with Crippen LogP contribution in [0.5, 0.6) is 5.75 Å². The maximum Gasteiger partial charge on any atom is 0.254 e. The quantitative estimate of drug-likeness (QED) is 0.620. The lowest BCUT2D eigenvalue weighted by atomic mass is 9.75. The maximum atomic E-state index is 13.3. The predicted octanol–water partition coefficient (Wildman–Crippen LogP) is 4.11. The lowest BCUT2D eigenvalue weighted by Gasteiger charge is -2.43. The fourth-order valence-corrected chi connectivity index (χ4v) is 4.92. The Morgan fingerprint density at radius 3 is 2.21 bits per heavy atom. The van der Waals surface area contributed by atoms with Crippen LogP contribution in [0, 0.1) is 12.3 Å². The van der Waals surface area contributed by atoms with Crippen LogP contribution >= 0.6 is 11.6 Å². The minimum Gasteiger partial charge on any atom is -0.493 e. The number of carbonyl (C=O) groups is 2. The molecule has 2 amide bonds. The standard InChI is InChI=1S/C27H34ClN3O3/c1-21-5-3-4-6-24(21)26(33)31-13-11-27(12-14-31,20-34-23-9-7-22(28)8-10-23)19-25(32)30-17-15-29(2)16-18-30/h3-10H,11-20H2,1-2H3. The van der Waals surface area contributed by atoms with Crippen LogP contribution in [0.2, 0.25) is 5.02 Å². The third kappa shape index (κ3) is 5.91. The number of hydrogen-bond acceptors (Lipinski definition) is 4. The summed E-state index contributed by atoms with van der Waals surface area (Å²) in [5, 5.41) is 0.662. The van der Waals surface area contributed by atoms with E-state index in [9.17, 15) is 9.59 Å². The summed E-state index contributed by atoms with van der Waals surface area (Å²) < 4.78 is 6.17. The summed E-state index contributed by atoms with van der Waals surface area (Å²) in [6.45, 7) is 6.98. The van der Waals surface area contributed by atoms with Gasteiger partial charge < -0.3 is 19.4 Å². The molecule has 4 rings (SSSR count). The predicted molar refractivity (Wildman–Crippen MR) is 134 cm³/mol. The largest absolute Gasteiger partial charge is 0.493 e. The normalized spacial score (nSPS) is 18.6. The Bertz CT molecular complexity index is 994. The Morgan fingerprint density at radius 2 is 1.56 bits per heavy atom. The van der Waals surface area contributed by atoms with Crippen molar-refractivity contribution in [3.05, 3.63) is 64.7 Å². The Morgan fingerprint density at radius 1 is 0.912 bits per heavy atom. The monoisotopic (exact) mass is 483 g/mol. The highest BCUT2D eigenvalue weighted by Gasteiger charge is 2.40. The van der Waals surface area contributed by atoms with E-state index in [-0.39, 0.29) is 17.2 Å². The van der Waals surface area contributed by atoms with E-state index >= 15 is 0 Å². The fourth-order valence-electron chi connectivity index (χ4n) is 4.80. The van der Waals surface area contributed by atoms with E-state index in [0.29, 0.717) is 31.1 Å². The smallest absolute Gasteiger partial charge is 0.254 e. The zero-order chi connectivity index (χ0) is 24.1. The van der Waals surface area contributed by atoms with E-state index in [1.165, 1.54) is 0 Å². The first-order valence-electron chi connectivity index (χ1n) is 12.0. The number of carbonyl (C=O) groups excluding carboxylic acids is 2. The van der Waals surface area contributed by atoms with E-state index in [4.69, 9.17) is 16.3 Å². The Labute approximate surface area is 207 Å². The molecule has 6 nitrogen and oxygen atoms in total. The lowest BCUT2D eigenvalue weighted by molar-refractivity contribution is -0.136. The lowest BCUT2D eigenvalue weighted by Crippen LogP contribution is -2.51. The van der Waals surface area contributed by atoms with Gasteiger partial charge in [0, 0.05) is 61.7 Å². The summed E-state index contributed by atoms with van der Waals surface area (Å²) in [5.74, 6) is 0.997. The summed E-state index contributed by atoms with van der Waals surface area (Å²) in [7, 11) is 2.09. The van der Waals surface area contributed by atoms with Crippen molar-refractivity contribution in [3.63, 3.8) is 0 Å². The average molecular weight is 484 g/mol. The topological polar surface area (TPSA) is 53.1 Å². The average Bonchev–Trinajstić information content (AvgIpc) is 2.84. The van der Waals surface area contributed by atoms with Crippen molar-refractivity contribution >= 4 is 23.4 Å². The SMILES string of the molecule is Cc1ccccc1C(=O)N1CCC(COc2ccc(Cl)cc2)(CC(=O)N2CCN(C)CC2)CC1. The van der Waals surface area contributed by atoms with Gasteiger partial charge in [0.15, 0.2) is 0 Å². The molecule has 0 radical (unpaired) electrons. The summed E-state index contributed by atoms with van der Waals surface area (Å²) in [6, 6.07) is 15.0. The molecule has 0 spiro atoms. The summed E-state index contributed by atoms with van der Waals surface area (Å²) in [5.41, 5.74) is 1.43. The number of likely N-dealkylation sites (N-methyl/N-ethyl adjacent to an activating group) is 1. The van der Waals surface area contributed by atoms with Crippen LogP contribution in [0.3, 0.4) is 0 Å². The van der Waals surface area contributed by atoms with Crippen LogP contribution in [0.15, 0.2) is 48.5 Å². The van der Waals surface area contributed by atoms with Gasteiger partial charge in [0.05, 0.1) is 6.61 Å². The van der Waals surface area contributed by atoms with Crippen molar-refractivity contribution in [1.82, 2.24) is 14.7 Å². The molecular weight excluding hydrogens is 450 g/mol. The fraction of sp³-hybridized carbons (Fsp3) is 0.481. The van der Waals surface area contributed by atoms with E-state index in [1.807, 2.05) is 65.3 Å². The molecule has 2 aromatic carbocycles. The van der Waals surface area contributed by atoms with E-state index < -0.39 is 0 Å². The number of halogens is 1. The number of ether oxygens (including phenoxy) is 1. The van der Waals surface area contributed by atoms with Gasteiger partial charge in [-0.15, -0.1) is 0 Å². The van der Waals surface area contributed by atoms with Crippen molar-refractivity contribution in [2.24, 2.45) is 5.41 Å². The van der Waals surface area contributed by atoms with Crippen LogP contribution < -0.4 is 4.74 Å². The molecule has 0 aromatic heterocycles. The van der Waals surface area contributed by atoms with Gasteiger partial charge in [0.1, 0.15) is 5.75 Å². The summed E-state index contributed by atoms with van der Waals surface area (Å²) in [6.07, 6.45) is 1.91. The number of likely N-dealkylation sites (tertiary alicyclic amines) is 1. The summed E-state index contributed by atoms with van der Waals surface area (Å²) >= 11 is 6.01. The number of benzene rings is 2. The van der Waals surface area contributed by atoms with Crippen LogP contribution in [0.25, 0.3) is 0 Å². The molecule has 0 atom stereocenters. The Hall–Kier alpha value is -2.57. The third-order valence-electron chi connectivity index (χ3n) is 7.23. The van der Waals surface area contributed by atoms with Crippen molar-refractivity contribution in [2.45, 2.75) is 26.2 Å². The number of hydrogen-bond donors (Lipinski definition) is 0. The number of rotatable bonds is 6. The molecule has 7 heteroatoms. The van der Waals surface area contributed by atoms with Crippen LogP contribution in [-0.2, 0) is 4.79 Å². The van der Waals surface area contributed by atoms with Gasteiger partial charge in [0.25, 0.3) is 5.91 Å². The second-order valence-electron chi connectivity index (χ2n) is 9.71. The molecule has 182 valence electrons. The number of aryl methyl sites for hydroxylation is 1. The van der Waals surface area contributed by atoms with Gasteiger partial charge in [0.2, 0.25) is 5.91 Å². The minimum absolute atomic E-state index is 0.0655. The van der Waals surface area contributed by atoms with Gasteiger partial charge in [-0.05, 0) is 62.7 Å². The zero-order valence-electron chi connectivity index (χ0n) is 20.1. The highest BCUT2D eigenvalue weighted by Crippen LogP contribution is 2.37. The van der Waals surface area contributed by atoms with Crippen LogP contribution in [0.1, 0.15) is 35.2 Å². The van der Waals surface area contributed by atoms with Gasteiger partial charge in [-0.3, -0.25) is 9.59 Å². The van der Waals surface area contributed by atoms with Gasteiger partial charge in [-0.25, -0.2) is 0 Å². The molecule has 2 aliphatic heterocycles. The number of nitrogens with zero attached hydrogens (tertiary/aromatic N) is 3. The van der Waals surface area contributed by atoms with Crippen molar-refractivity contribution in [3.8, 4) is 5.75 Å². The van der Waals surface area contributed by atoms with Gasteiger partial charge in [-0.2, -0.15) is 0 Å². The van der Waals surface area contributed by atoms with Crippen LogP contribution in [0.4, 0.5) is 0 Å². The van der Waals surface area contributed by atoms with E-state index in [0.717, 1.165) is 55.9 Å². The molecule has 2 aromatic rings. The molecule has 0 unspecified atom stereocenters. The minimum atomic E-state index is -0.303. The molecule has 2 fully saturated rings. The first-order valence-corrected chi connectivity index (χ1v) is 12.4. The molecule has 2 aliphatic rings. The highest BCUT2D eigenvalue weighted by molar-refractivity contribution is 6.30. The number of piperazine rings is 1. The number of amides is 2. The molecule has 0 bridgehead atoms. The van der Waals surface area contributed by atoms with Gasteiger partial charge >= 0.3 is 0 Å².